The van der Waals surface area contributed by atoms with Gasteiger partial charge in [-0.25, -0.2) is 0 Å². The van der Waals surface area contributed by atoms with Gasteiger partial charge in [0.2, 0.25) is 5.91 Å². The standard InChI is InChI=1S/C18H31N5OS/c1-21-16(14-22-9-4-3-5-10-22)19-20-18(21)15-6-11-23(12-7-15)17(24)8-13-25-2/h15H,3-14H2,1-2H3. The Labute approximate surface area is 155 Å². The molecule has 2 aliphatic rings. The van der Waals surface area contributed by atoms with Crippen molar-refractivity contribution in [3.05, 3.63) is 11.6 Å². The van der Waals surface area contributed by atoms with Crippen LogP contribution in [0.15, 0.2) is 0 Å². The molecule has 3 heterocycles. The highest BCUT2D eigenvalue weighted by atomic mass is 32.2. The SMILES string of the molecule is CSCCC(=O)N1CCC(c2nnc(CN3CCCCC3)n2C)CC1. The van der Waals surface area contributed by atoms with Crippen LogP contribution >= 0.6 is 11.8 Å². The lowest BCUT2D eigenvalue weighted by Gasteiger charge is -2.31. The Balaban J connectivity index is 1.54. The zero-order valence-corrected chi connectivity index (χ0v) is 16.4. The van der Waals surface area contributed by atoms with E-state index in [1.165, 1.54) is 32.4 Å². The van der Waals surface area contributed by atoms with Crippen LogP contribution in [0.25, 0.3) is 0 Å². The first kappa shape index (κ1) is 18.7. The molecule has 2 fully saturated rings. The van der Waals surface area contributed by atoms with Gasteiger partial charge in [-0.05, 0) is 45.0 Å². The summed E-state index contributed by atoms with van der Waals surface area (Å²) < 4.78 is 2.20. The number of likely N-dealkylation sites (tertiary alicyclic amines) is 2. The van der Waals surface area contributed by atoms with E-state index in [1.54, 1.807) is 11.8 Å². The van der Waals surface area contributed by atoms with Gasteiger partial charge in [-0.1, -0.05) is 6.42 Å². The van der Waals surface area contributed by atoms with Crippen molar-refractivity contribution in [1.82, 2.24) is 24.6 Å². The third-order valence-electron chi connectivity index (χ3n) is 5.55. The van der Waals surface area contributed by atoms with Crippen molar-refractivity contribution < 1.29 is 4.79 Å². The maximum Gasteiger partial charge on any atom is 0.223 e. The molecule has 6 nitrogen and oxygen atoms in total. The van der Waals surface area contributed by atoms with E-state index in [-0.39, 0.29) is 0 Å². The van der Waals surface area contributed by atoms with Crippen LogP contribution in [-0.2, 0) is 18.4 Å². The number of aromatic nitrogens is 3. The number of piperidine rings is 2. The summed E-state index contributed by atoms with van der Waals surface area (Å²) in [4.78, 5) is 16.7. The normalized spacial score (nSPS) is 20.2. The molecule has 2 saturated heterocycles. The van der Waals surface area contributed by atoms with E-state index in [9.17, 15) is 4.79 Å². The largest absolute Gasteiger partial charge is 0.343 e. The first-order valence-corrected chi connectivity index (χ1v) is 11.0. The molecule has 7 heteroatoms. The van der Waals surface area contributed by atoms with Gasteiger partial charge in [0.1, 0.15) is 11.6 Å². The highest BCUT2D eigenvalue weighted by Crippen LogP contribution is 2.27. The molecule has 1 aromatic heterocycles. The molecular weight excluding hydrogens is 334 g/mol. The van der Waals surface area contributed by atoms with Crippen LogP contribution in [0.1, 0.15) is 56.1 Å². The lowest BCUT2D eigenvalue weighted by molar-refractivity contribution is -0.131. The fourth-order valence-electron chi connectivity index (χ4n) is 3.92. The predicted molar refractivity (Wildman–Crippen MR) is 102 cm³/mol. The van der Waals surface area contributed by atoms with Crippen molar-refractivity contribution >= 4 is 17.7 Å². The zero-order valence-electron chi connectivity index (χ0n) is 15.6. The summed E-state index contributed by atoms with van der Waals surface area (Å²) >= 11 is 1.74. The van der Waals surface area contributed by atoms with Gasteiger partial charge in [-0.2, -0.15) is 11.8 Å². The molecule has 1 aromatic rings. The zero-order chi connectivity index (χ0) is 17.6. The van der Waals surface area contributed by atoms with Gasteiger partial charge in [-0.3, -0.25) is 9.69 Å². The number of hydrogen-bond donors (Lipinski definition) is 0. The van der Waals surface area contributed by atoms with Gasteiger partial charge in [0, 0.05) is 38.2 Å². The van der Waals surface area contributed by atoms with Crippen molar-refractivity contribution in [3.8, 4) is 0 Å². The molecule has 0 radical (unpaired) electrons. The van der Waals surface area contributed by atoms with Gasteiger partial charge in [0.05, 0.1) is 6.54 Å². The van der Waals surface area contributed by atoms with Crippen LogP contribution in [0, 0.1) is 0 Å². The molecule has 0 spiro atoms. The topological polar surface area (TPSA) is 54.3 Å². The van der Waals surface area contributed by atoms with Crippen molar-refractivity contribution in [3.63, 3.8) is 0 Å². The first-order valence-electron chi connectivity index (χ1n) is 9.56. The molecule has 0 aromatic carbocycles. The number of nitrogens with zero attached hydrogens (tertiary/aromatic N) is 5. The lowest BCUT2D eigenvalue weighted by atomic mass is 9.95. The quantitative estimate of drug-likeness (QED) is 0.774. The van der Waals surface area contributed by atoms with Crippen LogP contribution in [0.2, 0.25) is 0 Å². The van der Waals surface area contributed by atoms with E-state index < -0.39 is 0 Å². The Kier molecular flexibility index (Phi) is 6.76. The van der Waals surface area contributed by atoms with E-state index in [4.69, 9.17) is 0 Å². The van der Waals surface area contributed by atoms with E-state index in [0.717, 1.165) is 49.9 Å². The average Bonchev–Trinajstić information content (AvgIpc) is 3.01. The minimum absolute atomic E-state index is 0.302. The van der Waals surface area contributed by atoms with Gasteiger partial charge >= 0.3 is 0 Å². The summed E-state index contributed by atoms with van der Waals surface area (Å²) in [6, 6.07) is 0. The Morgan fingerprint density at radius 1 is 1.12 bits per heavy atom. The van der Waals surface area contributed by atoms with Gasteiger partial charge in [0.15, 0.2) is 0 Å². The molecule has 0 bridgehead atoms. The smallest absolute Gasteiger partial charge is 0.223 e. The van der Waals surface area contributed by atoms with Crippen molar-refractivity contribution in [2.45, 2.75) is 51.0 Å². The third kappa shape index (κ3) is 4.76. The van der Waals surface area contributed by atoms with E-state index in [2.05, 4.69) is 33.0 Å². The molecule has 140 valence electrons. The summed E-state index contributed by atoms with van der Waals surface area (Å²) in [5, 5.41) is 8.97. The molecule has 1 amide bonds. The molecule has 0 aliphatic carbocycles. The minimum atomic E-state index is 0.302. The van der Waals surface area contributed by atoms with Crippen LogP contribution in [0.3, 0.4) is 0 Å². The average molecular weight is 366 g/mol. The van der Waals surface area contributed by atoms with Gasteiger partial charge in [0.25, 0.3) is 0 Å². The number of thioether (sulfide) groups is 1. The summed E-state index contributed by atoms with van der Waals surface area (Å²) in [5.74, 6) is 3.83. The number of amides is 1. The number of carbonyl (C=O) groups excluding carboxylic acids is 1. The Morgan fingerprint density at radius 2 is 1.84 bits per heavy atom. The molecule has 0 unspecified atom stereocenters. The molecule has 0 atom stereocenters. The van der Waals surface area contributed by atoms with Crippen LogP contribution in [0.4, 0.5) is 0 Å². The summed E-state index contributed by atoms with van der Waals surface area (Å²) in [5.41, 5.74) is 0. The summed E-state index contributed by atoms with van der Waals surface area (Å²) in [6.07, 6.45) is 8.67. The third-order valence-corrected chi connectivity index (χ3v) is 6.16. The van der Waals surface area contributed by atoms with Crippen molar-refractivity contribution in [2.75, 3.05) is 38.2 Å². The molecule has 0 N–H and O–H groups in total. The van der Waals surface area contributed by atoms with Gasteiger partial charge < -0.3 is 9.47 Å². The number of rotatable bonds is 6. The maximum atomic E-state index is 12.2. The van der Waals surface area contributed by atoms with Crippen molar-refractivity contribution in [2.24, 2.45) is 7.05 Å². The Hall–Kier alpha value is -1.08. The summed E-state index contributed by atoms with van der Waals surface area (Å²) in [6.45, 7) is 4.98. The molecule has 25 heavy (non-hydrogen) atoms. The minimum Gasteiger partial charge on any atom is -0.343 e. The molecule has 0 saturated carbocycles. The molecule has 2 aliphatic heterocycles. The molecular formula is C18H31N5OS. The highest BCUT2D eigenvalue weighted by Gasteiger charge is 2.27. The van der Waals surface area contributed by atoms with E-state index in [0.29, 0.717) is 18.2 Å². The summed E-state index contributed by atoms with van der Waals surface area (Å²) in [7, 11) is 2.10. The van der Waals surface area contributed by atoms with Crippen LogP contribution < -0.4 is 0 Å². The second kappa shape index (κ2) is 9.03. The lowest BCUT2D eigenvalue weighted by Crippen LogP contribution is -2.38. The second-order valence-corrected chi connectivity index (χ2v) is 8.25. The van der Waals surface area contributed by atoms with Crippen LogP contribution in [-0.4, -0.2) is 68.7 Å². The fraction of sp³-hybridized carbons (Fsp3) is 0.833. The monoisotopic (exact) mass is 365 g/mol. The number of hydrogen-bond acceptors (Lipinski definition) is 5. The van der Waals surface area contributed by atoms with E-state index >= 15 is 0 Å². The molecule has 3 rings (SSSR count). The van der Waals surface area contributed by atoms with Gasteiger partial charge in [-0.15, -0.1) is 10.2 Å². The van der Waals surface area contributed by atoms with Crippen molar-refractivity contribution in [1.29, 1.82) is 0 Å². The maximum absolute atomic E-state index is 12.2. The first-order chi connectivity index (χ1) is 12.2. The van der Waals surface area contributed by atoms with E-state index in [1.807, 2.05) is 4.90 Å². The van der Waals surface area contributed by atoms with Crippen LogP contribution in [0.5, 0.6) is 0 Å². The fourth-order valence-corrected chi connectivity index (χ4v) is 4.30. The Bertz CT molecular complexity index is 562. The highest BCUT2D eigenvalue weighted by molar-refractivity contribution is 7.98. The Morgan fingerprint density at radius 3 is 2.52 bits per heavy atom. The number of carbonyl (C=O) groups is 1. The predicted octanol–water partition coefficient (Wildman–Crippen LogP) is 2.26. The second-order valence-electron chi connectivity index (χ2n) is 7.27.